The van der Waals surface area contributed by atoms with Crippen LogP contribution in [0, 0.1) is 0 Å². The van der Waals surface area contributed by atoms with E-state index < -0.39 is 0 Å². The molecule has 0 aliphatic carbocycles. The predicted octanol–water partition coefficient (Wildman–Crippen LogP) is 3.31. The fourth-order valence-electron chi connectivity index (χ4n) is 2.91. The molecule has 8 nitrogen and oxygen atoms in total. The highest BCUT2D eigenvalue weighted by Crippen LogP contribution is 2.39. The summed E-state index contributed by atoms with van der Waals surface area (Å²) >= 11 is 0. The number of methoxy groups -OCH3 is 3. The van der Waals surface area contributed by atoms with Crippen LogP contribution in [0.4, 0.5) is 5.69 Å². The van der Waals surface area contributed by atoms with E-state index in [1.807, 2.05) is 37.3 Å². The summed E-state index contributed by atoms with van der Waals surface area (Å²) in [5.41, 5.74) is 2.44. The summed E-state index contributed by atoms with van der Waals surface area (Å²) in [5.74, 6) is 2.18. The third-order valence-corrected chi connectivity index (χ3v) is 4.36. The molecule has 0 aliphatic heterocycles. The number of nitrogens with zero attached hydrogens (tertiary/aromatic N) is 1. The monoisotopic (exact) mass is 542 g/mol. The molecule has 2 aromatic carbocycles. The van der Waals surface area contributed by atoms with Crippen molar-refractivity contribution in [3.8, 4) is 17.2 Å². The summed E-state index contributed by atoms with van der Waals surface area (Å²) in [6.07, 6.45) is 0.705. The second kappa shape index (κ2) is 13.6. The third kappa shape index (κ3) is 7.50. The molecule has 0 heterocycles. The smallest absolute Gasteiger partial charge is 0.251 e. The molecule has 0 radical (unpaired) electrons. The highest BCUT2D eigenvalue weighted by Gasteiger charge is 2.14. The molecule has 3 N–H and O–H groups in total. The van der Waals surface area contributed by atoms with E-state index in [4.69, 9.17) is 14.2 Å². The van der Waals surface area contributed by atoms with E-state index in [0.29, 0.717) is 48.3 Å². The second-order valence-corrected chi connectivity index (χ2v) is 6.33. The molecule has 31 heavy (non-hydrogen) atoms. The van der Waals surface area contributed by atoms with Gasteiger partial charge >= 0.3 is 0 Å². The fourth-order valence-corrected chi connectivity index (χ4v) is 2.91. The van der Waals surface area contributed by atoms with E-state index in [9.17, 15) is 4.79 Å². The van der Waals surface area contributed by atoms with Gasteiger partial charge in [0.2, 0.25) is 5.75 Å². The van der Waals surface area contributed by atoms with Crippen molar-refractivity contribution < 1.29 is 19.0 Å². The maximum atomic E-state index is 11.8. The van der Waals surface area contributed by atoms with Crippen molar-refractivity contribution in [2.24, 2.45) is 4.99 Å². The first-order valence-electron chi connectivity index (χ1n) is 9.72. The molecular weight excluding hydrogens is 511 g/mol. The van der Waals surface area contributed by atoms with Gasteiger partial charge in [0, 0.05) is 43.5 Å². The van der Waals surface area contributed by atoms with Crippen LogP contribution in [0.2, 0.25) is 0 Å². The first kappa shape index (κ1) is 26.3. The summed E-state index contributed by atoms with van der Waals surface area (Å²) in [6.45, 7) is 3.26. The van der Waals surface area contributed by atoms with Crippen LogP contribution in [-0.4, -0.2) is 53.3 Å². The maximum absolute atomic E-state index is 11.8. The Bertz CT molecular complexity index is 865. The first-order chi connectivity index (χ1) is 14.6. The Balaban J connectivity index is 0.00000480. The van der Waals surface area contributed by atoms with E-state index in [1.165, 1.54) is 0 Å². The molecule has 0 unspecified atom stereocenters. The van der Waals surface area contributed by atoms with Crippen molar-refractivity contribution in [2.75, 3.05) is 46.8 Å². The fraction of sp³-hybridized carbons (Fsp3) is 0.364. The molecule has 0 bridgehead atoms. The Morgan fingerprint density at radius 1 is 1.03 bits per heavy atom. The first-order valence-corrected chi connectivity index (χ1v) is 9.72. The number of guanidine groups is 1. The van der Waals surface area contributed by atoms with Crippen molar-refractivity contribution in [1.29, 1.82) is 0 Å². The van der Waals surface area contributed by atoms with Gasteiger partial charge in [0.25, 0.3) is 5.91 Å². The zero-order valence-corrected chi connectivity index (χ0v) is 20.9. The van der Waals surface area contributed by atoms with Crippen LogP contribution in [0.5, 0.6) is 17.2 Å². The standard InChI is InChI=1S/C22H30N4O4.HI/c1-6-24-22(25-11-10-15-8-7-9-16(12-15)21(27)23-2)26-17-13-18(28-3)20(30-5)19(14-17)29-4;/h7-9,12-14H,6,10-11H2,1-5H3,(H,23,27)(H2,24,25,26);1H. The largest absolute Gasteiger partial charge is 0.493 e. The normalized spacial score (nSPS) is 10.5. The number of ether oxygens (including phenoxy) is 3. The summed E-state index contributed by atoms with van der Waals surface area (Å²) in [6, 6.07) is 11.2. The highest BCUT2D eigenvalue weighted by molar-refractivity contribution is 14.0. The number of aliphatic imine (C=N–C) groups is 1. The second-order valence-electron chi connectivity index (χ2n) is 6.33. The zero-order chi connectivity index (χ0) is 21.9. The molecule has 0 atom stereocenters. The van der Waals surface area contributed by atoms with Gasteiger partial charge in [-0.1, -0.05) is 12.1 Å². The molecule has 0 saturated carbocycles. The summed E-state index contributed by atoms with van der Waals surface area (Å²) in [7, 11) is 6.34. The average Bonchev–Trinajstić information content (AvgIpc) is 2.78. The van der Waals surface area contributed by atoms with Crippen molar-refractivity contribution in [2.45, 2.75) is 13.3 Å². The Morgan fingerprint density at radius 2 is 1.71 bits per heavy atom. The number of hydrogen-bond acceptors (Lipinski definition) is 5. The molecule has 0 fully saturated rings. The molecule has 0 aliphatic rings. The molecule has 0 spiro atoms. The van der Waals surface area contributed by atoms with Crippen molar-refractivity contribution >= 4 is 41.5 Å². The number of halogens is 1. The van der Waals surface area contributed by atoms with Crippen molar-refractivity contribution in [1.82, 2.24) is 10.6 Å². The van der Waals surface area contributed by atoms with E-state index in [-0.39, 0.29) is 29.9 Å². The predicted molar refractivity (Wildman–Crippen MR) is 135 cm³/mol. The number of rotatable bonds is 9. The minimum atomic E-state index is -0.0993. The molecular formula is C22H31IN4O4. The van der Waals surface area contributed by atoms with Gasteiger partial charge in [-0.25, -0.2) is 0 Å². The minimum Gasteiger partial charge on any atom is -0.493 e. The topological polar surface area (TPSA) is 93.2 Å². The number of hydrogen-bond donors (Lipinski definition) is 3. The molecule has 0 aromatic heterocycles. The van der Waals surface area contributed by atoms with Gasteiger partial charge in [-0.05, 0) is 31.0 Å². The van der Waals surface area contributed by atoms with Gasteiger partial charge in [0.05, 0.1) is 21.3 Å². The lowest BCUT2D eigenvalue weighted by Crippen LogP contribution is -2.31. The Kier molecular flexibility index (Phi) is 11.5. The minimum absolute atomic E-state index is 0. The Labute approximate surface area is 200 Å². The van der Waals surface area contributed by atoms with Crippen molar-refractivity contribution in [3.63, 3.8) is 0 Å². The zero-order valence-electron chi connectivity index (χ0n) is 18.6. The SMILES string of the molecule is CCNC(=NCCc1cccc(C(=O)NC)c1)Nc1cc(OC)c(OC)c(OC)c1.I. The molecule has 1 amide bonds. The van der Waals surface area contributed by atoms with E-state index >= 15 is 0 Å². The Hall–Kier alpha value is -2.69. The van der Waals surface area contributed by atoms with Gasteiger partial charge in [-0.2, -0.15) is 0 Å². The summed E-state index contributed by atoms with van der Waals surface area (Å²) in [4.78, 5) is 16.4. The quantitative estimate of drug-likeness (QED) is 0.256. The van der Waals surface area contributed by atoms with Crippen LogP contribution >= 0.6 is 24.0 Å². The number of carbonyl (C=O) groups excluding carboxylic acids is 1. The summed E-state index contributed by atoms with van der Waals surface area (Å²) in [5, 5.41) is 9.12. The van der Waals surface area contributed by atoms with E-state index in [2.05, 4.69) is 20.9 Å². The maximum Gasteiger partial charge on any atom is 0.251 e. The molecule has 170 valence electrons. The molecule has 2 rings (SSSR count). The number of anilines is 1. The molecule has 2 aromatic rings. The van der Waals surface area contributed by atoms with Crippen LogP contribution in [-0.2, 0) is 6.42 Å². The number of benzene rings is 2. The lowest BCUT2D eigenvalue weighted by molar-refractivity contribution is 0.0963. The average molecular weight is 542 g/mol. The van der Waals surface area contributed by atoms with Crippen molar-refractivity contribution in [3.05, 3.63) is 47.5 Å². The highest BCUT2D eigenvalue weighted by atomic mass is 127. The van der Waals surface area contributed by atoms with Crippen LogP contribution in [0.25, 0.3) is 0 Å². The summed E-state index contributed by atoms with van der Waals surface area (Å²) < 4.78 is 16.2. The Morgan fingerprint density at radius 3 is 2.26 bits per heavy atom. The molecule has 9 heteroatoms. The van der Waals surface area contributed by atoms with Gasteiger partial charge in [-0.3, -0.25) is 9.79 Å². The van der Waals surface area contributed by atoms with Crippen LogP contribution in [0.15, 0.2) is 41.4 Å². The van der Waals surface area contributed by atoms with Gasteiger partial charge in [0.1, 0.15) is 0 Å². The van der Waals surface area contributed by atoms with Crippen LogP contribution in [0.1, 0.15) is 22.8 Å². The number of carbonyl (C=O) groups is 1. The molecule has 0 saturated heterocycles. The van der Waals surface area contributed by atoms with Gasteiger partial charge in [0.15, 0.2) is 17.5 Å². The van der Waals surface area contributed by atoms with Gasteiger partial charge in [-0.15, -0.1) is 24.0 Å². The van der Waals surface area contributed by atoms with E-state index in [0.717, 1.165) is 11.3 Å². The van der Waals surface area contributed by atoms with Gasteiger partial charge < -0.3 is 30.2 Å². The number of amides is 1. The number of nitrogens with one attached hydrogen (secondary N) is 3. The third-order valence-electron chi connectivity index (χ3n) is 4.36. The lowest BCUT2D eigenvalue weighted by atomic mass is 10.1. The lowest BCUT2D eigenvalue weighted by Gasteiger charge is -2.16. The van der Waals surface area contributed by atoms with Crippen LogP contribution in [0.3, 0.4) is 0 Å². The van der Waals surface area contributed by atoms with Crippen LogP contribution < -0.4 is 30.2 Å². The van der Waals surface area contributed by atoms with E-state index in [1.54, 1.807) is 34.4 Å².